The van der Waals surface area contributed by atoms with Crippen molar-refractivity contribution in [3.63, 3.8) is 0 Å². The van der Waals surface area contributed by atoms with Crippen LogP contribution in [0.5, 0.6) is 5.75 Å². The Kier molecular flexibility index (Phi) is 4.61. The monoisotopic (exact) mass is 248 g/mol. The maximum Gasteiger partial charge on any atom is 0.119 e. The van der Waals surface area contributed by atoms with E-state index in [2.05, 4.69) is 11.9 Å². The van der Waals surface area contributed by atoms with Crippen LogP contribution in [0.15, 0.2) is 24.3 Å². The van der Waals surface area contributed by atoms with Crippen LogP contribution in [0.25, 0.3) is 0 Å². The number of hydrogen-bond acceptors (Lipinski definition) is 3. The third-order valence-corrected chi connectivity index (χ3v) is 3.78. The van der Waals surface area contributed by atoms with Crippen molar-refractivity contribution in [3.8, 4) is 5.75 Å². The smallest absolute Gasteiger partial charge is 0.119 e. The number of hydrogen-bond donors (Lipinski definition) is 1. The van der Waals surface area contributed by atoms with Gasteiger partial charge in [-0.15, -0.1) is 0 Å². The lowest BCUT2D eigenvalue weighted by Gasteiger charge is -2.19. The second-order valence-electron chi connectivity index (χ2n) is 5.27. The van der Waals surface area contributed by atoms with Crippen molar-refractivity contribution in [1.29, 1.82) is 0 Å². The summed E-state index contributed by atoms with van der Waals surface area (Å²) in [7, 11) is 2.20. The van der Waals surface area contributed by atoms with E-state index in [1.54, 1.807) is 0 Å². The van der Waals surface area contributed by atoms with E-state index in [0.29, 0.717) is 6.04 Å². The molecule has 2 N–H and O–H groups in total. The van der Waals surface area contributed by atoms with Crippen molar-refractivity contribution in [1.82, 2.24) is 4.90 Å². The van der Waals surface area contributed by atoms with Gasteiger partial charge in [0, 0.05) is 12.1 Å². The molecule has 3 heteroatoms. The van der Waals surface area contributed by atoms with Crippen molar-refractivity contribution < 1.29 is 4.74 Å². The van der Waals surface area contributed by atoms with Crippen LogP contribution >= 0.6 is 0 Å². The quantitative estimate of drug-likeness (QED) is 0.870. The normalized spacial score (nSPS) is 22.1. The largest absolute Gasteiger partial charge is 0.494 e. The van der Waals surface area contributed by atoms with Crippen LogP contribution in [0.1, 0.15) is 37.8 Å². The van der Waals surface area contributed by atoms with E-state index in [1.165, 1.54) is 19.4 Å². The summed E-state index contributed by atoms with van der Waals surface area (Å²) in [5, 5.41) is 0. The van der Waals surface area contributed by atoms with Crippen LogP contribution in [0.4, 0.5) is 0 Å². The van der Waals surface area contributed by atoms with Crippen molar-refractivity contribution >= 4 is 0 Å². The van der Waals surface area contributed by atoms with Crippen molar-refractivity contribution in [2.24, 2.45) is 5.73 Å². The minimum Gasteiger partial charge on any atom is -0.494 e. The molecule has 100 valence electrons. The molecule has 0 aliphatic carbocycles. The fourth-order valence-corrected chi connectivity index (χ4v) is 2.54. The Morgan fingerprint density at radius 1 is 1.50 bits per heavy atom. The number of likely N-dealkylation sites (tertiary alicyclic amines) is 1. The Labute approximate surface area is 110 Å². The number of nitrogens with zero attached hydrogens (tertiary/aromatic N) is 1. The fourth-order valence-electron chi connectivity index (χ4n) is 2.54. The Balaban J connectivity index is 1.81. The summed E-state index contributed by atoms with van der Waals surface area (Å²) in [4.78, 5) is 2.43. The lowest BCUT2D eigenvalue weighted by atomic mass is 10.1. The second kappa shape index (κ2) is 6.21. The predicted octanol–water partition coefficient (Wildman–Crippen LogP) is 2.57. The zero-order chi connectivity index (χ0) is 13.0. The van der Waals surface area contributed by atoms with E-state index in [-0.39, 0.29) is 6.04 Å². The molecular weight excluding hydrogens is 224 g/mol. The minimum atomic E-state index is 0.0644. The fraction of sp³-hybridized carbons (Fsp3) is 0.600. The SMILES string of the molecule is CC(N)c1cccc(OCCC2CCCN2C)c1. The molecule has 2 atom stereocenters. The third kappa shape index (κ3) is 3.47. The molecule has 1 fully saturated rings. The molecule has 1 heterocycles. The Bertz CT molecular complexity index is 379. The third-order valence-electron chi connectivity index (χ3n) is 3.78. The standard InChI is InChI=1S/C15H24N2O/c1-12(16)13-5-3-7-15(11-13)18-10-8-14-6-4-9-17(14)2/h3,5,7,11-12,14H,4,6,8-10,16H2,1-2H3. The van der Waals surface area contributed by atoms with Crippen LogP contribution in [0, 0.1) is 0 Å². The molecule has 0 radical (unpaired) electrons. The first kappa shape index (κ1) is 13.4. The molecule has 1 aliphatic rings. The predicted molar refractivity (Wildman–Crippen MR) is 74.8 cm³/mol. The summed E-state index contributed by atoms with van der Waals surface area (Å²) in [5.41, 5.74) is 7.00. The van der Waals surface area contributed by atoms with Gasteiger partial charge < -0.3 is 15.4 Å². The van der Waals surface area contributed by atoms with Gasteiger partial charge in [0.2, 0.25) is 0 Å². The summed E-state index contributed by atoms with van der Waals surface area (Å²) in [6.45, 7) is 4.01. The van der Waals surface area contributed by atoms with Crippen molar-refractivity contribution in [2.45, 2.75) is 38.3 Å². The van der Waals surface area contributed by atoms with E-state index < -0.39 is 0 Å². The van der Waals surface area contributed by atoms with Crippen LogP contribution in [0.3, 0.4) is 0 Å². The van der Waals surface area contributed by atoms with E-state index >= 15 is 0 Å². The van der Waals surface area contributed by atoms with E-state index in [9.17, 15) is 0 Å². The van der Waals surface area contributed by atoms with Gasteiger partial charge in [0.1, 0.15) is 5.75 Å². The van der Waals surface area contributed by atoms with Gasteiger partial charge in [0.25, 0.3) is 0 Å². The molecule has 1 aromatic rings. The summed E-state index contributed by atoms with van der Waals surface area (Å²) in [6.07, 6.45) is 3.74. The van der Waals surface area contributed by atoms with Crippen molar-refractivity contribution in [2.75, 3.05) is 20.2 Å². The summed E-state index contributed by atoms with van der Waals surface area (Å²) >= 11 is 0. The molecule has 1 aromatic carbocycles. The van der Waals surface area contributed by atoms with Gasteiger partial charge in [-0.2, -0.15) is 0 Å². The van der Waals surface area contributed by atoms with Gasteiger partial charge in [-0.1, -0.05) is 12.1 Å². The number of rotatable bonds is 5. The first-order chi connectivity index (χ1) is 8.66. The van der Waals surface area contributed by atoms with Gasteiger partial charge in [0.15, 0.2) is 0 Å². The van der Waals surface area contributed by atoms with Gasteiger partial charge in [-0.3, -0.25) is 0 Å². The summed E-state index contributed by atoms with van der Waals surface area (Å²) in [5.74, 6) is 0.936. The molecule has 0 spiro atoms. The van der Waals surface area contributed by atoms with Crippen LogP contribution in [0.2, 0.25) is 0 Å². The zero-order valence-corrected chi connectivity index (χ0v) is 11.4. The highest BCUT2D eigenvalue weighted by Crippen LogP contribution is 2.20. The van der Waals surface area contributed by atoms with E-state index in [1.807, 2.05) is 31.2 Å². The number of ether oxygens (including phenoxy) is 1. The molecule has 0 aromatic heterocycles. The van der Waals surface area contributed by atoms with Gasteiger partial charge in [-0.25, -0.2) is 0 Å². The molecule has 0 saturated carbocycles. The van der Waals surface area contributed by atoms with E-state index in [0.717, 1.165) is 24.3 Å². The minimum absolute atomic E-state index is 0.0644. The molecule has 3 nitrogen and oxygen atoms in total. The van der Waals surface area contributed by atoms with Crippen LogP contribution in [-0.4, -0.2) is 31.1 Å². The number of nitrogens with two attached hydrogens (primary N) is 1. The second-order valence-corrected chi connectivity index (χ2v) is 5.27. The molecule has 1 aliphatic heterocycles. The average molecular weight is 248 g/mol. The maximum atomic E-state index is 5.87. The average Bonchev–Trinajstić information content (AvgIpc) is 2.76. The van der Waals surface area contributed by atoms with Gasteiger partial charge in [-0.05, 0) is 57.5 Å². The van der Waals surface area contributed by atoms with E-state index in [4.69, 9.17) is 10.5 Å². The lowest BCUT2D eigenvalue weighted by Crippen LogP contribution is -2.26. The topological polar surface area (TPSA) is 38.5 Å². The Morgan fingerprint density at radius 3 is 3.00 bits per heavy atom. The Hall–Kier alpha value is -1.06. The lowest BCUT2D eigenvalue weighted by molar-refractivity contribution is 0.233. The maximum absolute atomic E-state index is 5.87. The molecule has 2 unspecified atom stereocenters. The zero-order valence-electron chi connectivity index (χ0n) is 11.4. The molecule has 18 heavy (non-hydrogen) atoms. The van der Waals surface area contributed by atoms with Crippen LogP contribution in [-0.2, 0) is 0 Å². The highest BCUT2D eigenvalue weighted by Gasteiger charge is 2.20. The highest BCUT2D eigenvalue weighted by molar-refractivity contribution is 5.30. The summed E-state index contributed by atoms with van der Waals surface area (Å²) in [6, 6.07) is 8.86. The molecule has 1 saturated heterocycles. The number of benzene rings is 1. The molecule has 0 amide bonds. The highest BCUT2D eigenvalue weighted by atomic mass is 16.5. The molecular formula is C15H24N2O. The van der Waals surface area contributed by atoms with Gasteiger partial charge in [0.05, 0.1) is 6.61 Å². The molecule has 0 bridgehead atoms. The first-order valence-electron chi connectivity index (χ1n) is 6.85. The van der Waals surface area contributed by atoms with Crippen molar-refractivity contribution in [3.05, 3.63) is 29.8 Å². The Morgan fingerprint density at radius 2 is 2.33 bits per heavy atom. The van der Waals surface area contributed by atoms with Gasteiger partial charge >= 0.3 is 0 Å². The summed E-state index contributed by atoms with van der Waals surface area (Å²) < 4.78 is 5.82. The van der Waals surface area contributed by atoms with Crippen LogP contribution < -0.4 is 10.5 Å². The molecule has 2 rings (SSSR count). The first-order valence-corrected chi connectivity index (χ1v) is 6.85.